The molecule has 4 heterocycles. The maximum absolute atomic E-state index is 12.1. The Morgan fingerprint density at radius 1 is 1.08 bits per heavy atom. The molecule has 11 nitrogen and oxygen atoms in total. The van der Waals surface area contributed by atoms with E-state index in [4.69, 9.17) is 15.5 Å². The van der Waals surface area contributed by atoms with Crippen LogP contribution in [0.25, 0.3) is 0 Å². The van der Waals surface area contributed by atoms with Crippen LogP contribution in [0.4, 0.5) is 22.1 Å². The Balaban J connectivity index is 1.25. The number of aromatic nitrogens is 2. The second-order valence-electron chi connectivity index (χ2n) is 10.7. The van der Waals surface area contributed by atoms with E-state index < -0.39 is 5.91 Å². The highest BCUT2D eigenvalue weighted by Gasteiger charge is 2.30. The Labute approximate surface area is 223 Å². The fraction of sp³-hybridized carbons (Fsp3) is 0.556. The highest BCUT2D eigenvalue weighted by molar-refractivity contribution is 5.96. The zero-order chi connectivity index (χ0) is 26.6. The summed E-state index contributed by atoms with van der Waals surface area (Å²) in [5, 5.41) is 6.31. The van der Waals surface area contributed by atoms with Crippen molar-refractivity contribution in [1.82, 2.24) is 25.1 Å². The van der Waals surface area contributed by atoms with Crippen molar-refractivity contribution < 1.29 is 14.3 Å². The van der Waals surface area contributed by atoms with E-state index in [2.05, 4.69) is 37.6 Å². The summed E-state index contributed by atoms with van der Waals surface area (Å²) in [4.78, 5) is 39.4. The minimum atomic E-state index is -0.637. The minimum Gasteiger partial charge on any atom is -0.378 e. The van der Waals surface area contributed by atoms with Crippen molar-refractivity contribution in [2.75, 3.05) is 63.7 Å². The first kappa shape index (κ1) is 26.2. The first-order valence-corrected chi connectivity index (χ1v) is 13.5. The van der Waals surface area contributed by atoms with Crippen LogP contribution in [-0.4, -0.2) is 97.3 Å². The van der Waals surface area contributed by atoms with Gasteiger partial charge in [0, 0.05) is 38.9 Å². The Hall–Kier alpha value is -3.44. The van der Waals surface area contributed by atoms with Crippen molar-refractivity contribution in [3.05, 3.63) is 41.7 Å². The molecule has 3 aliphatic rings. The van der Waals surface area contributed by atoms with Gasteiger partial charge in [0.25, 0.3) is 5.91 Å². The number of hydrogen-bond acceptors (Lipinski definition) is 8. The number of nitrogens with one attached hydrogen (secondary N) is 2. The molecule has 0 bridgehead atoms. The molecule has 3 aliphatic heterocycles. The van der Waals surface area contributed by atoms with Crippen LogP contribution in [0.3, 0.4) is 0 Å². The molecular weight excluding hydrogens is 484 g/mol. The molecule has 11 heteroatoms. The van der Waals surface area contributed by atoms with Crippen LogP contribution in [-0.2, 0) is 4.74 Å². The summed E-state index contributed by atoms with van der Waals surface area (Å²) in [5.74, 6) is 0.881. The summed E-state index contributed by atoms with van der Waals surface area (Å²) in [6.45, 7) is 5.37. The number of piperidine rings is 2. The van der Waals surface area contributed by atoms with E-state index in [1.165, 1.54) is 10.5 Å². The molecule has 4 N–H and O–H groups in total. The van der Waals surface area contributed by atoms with E-state index in [-0.39, 0.29) is 17.8 Å². The number of carbonyl (C=O) groups is 2. The Bertz CT molecular complexity index is 1130. The molecule has 3 fully saturated rings. The highest BCUT2D eigenvalue weighted by atomic mass is 16.5. The molecule has 38 heavy (non-hydrogen) atoms. The molecule has 0 radical (unpaired) electrons. The average Bonchev–Trinajstić information content (AvgIpc) is 2.88. The molecule has 204 valence electrons. The van der Waals surface area contributed by atoms with Crippen molar-refractivity contribution in [2.24, 2.45) is 5.73 Å². The molecule has 0 aliphatic carbocycles. The van der Waals surface area contributed by atoms with E-state index >= 15 is 0 Å². The van der Waals surface area contributed by atoms with Gasteiger partial charge in [-0.25, -0.2) is 14.8 Å². The summed E-state index contributed by atoms with van der Waals surface area (Å²) in [7, 11) is 3.45. The zero-order valence-electron chi connectivity index (χ0n) is 22.2. The van der Waals surface area contributed by atoms with Gasteiger partial charge in [0.05, 0.1) is 25.5 Å². The van der Waals surface area contributed by atoms with Gasteiger partial charge in [-0.15, -0.1) is 0 Å². The molecule has 5 rings (SSSR count). The molecule has 0 spiro atoms. The number of carbonyl (C=O) groups excluding carboxylic acids is 2. The van der Waals surface area contributed by atoms with Gasteiger partial charge in [-0.05, 0) is 62.4 Å². The largest absolute Gasteiger partial charge is 0.378 e. The summed E-state index contributed by atoms with van der Waals surface area (Å²) in [5.41, 5.74) is 7.86. The quantitative estimate of drug-likeness (QED) is 0.505. The number of urea groups is 1. The molecule has 0 saturated carbocycles. The Morgan fingerprint density at radius 2 is 1.82 bits per heavy atom. The van der Waals surface area contributed by atoms with Crippen LogP contribution >= 0.6 is 0 Å². The number of amides is 3. The van der Waals surface area contributed by atoms with Gasteiger partial charge in [0.15, 0.2) is 11.5 Å². The molecule has 1 unspecified atom stereocenters. The van der Waals surface area contributed by atoms with Crippen LogP contribution < -0.4 is 21.3 Å². The Kier molecular flexibility index (Phi) is 7.94. The van der Waals surface area contributed by atoms with E-state index in [0.29, 0.717) is 30.1 Å². The van der Waals surface area contributed by atoms with Crippen molar-refractivity contribution in [2.45, 2.75) is 43.7 Å². The number of likely N-dealkylation sites (tertiary alicyclic amines) is 1. The van der Waals surface area contributed by atoms with Crippen LogP contribution in [0.2, 0.25) is 0 Å². The lowest BCUT2D eigenvalue weighted by Crippen LogP contribution is -2.51. The third-order valence-corrected chi connectivity index (χ3v) is 7.78. The Morgan fingerprint density at radius 3 is 2.45 bits per heavy atom. The predicted octanol–water partition coefficient (Wildman–Crippen LogP) is 2.14. The lowest BCUT2D eigenvalue weighted by molar-refractivity contribution is -0.0712. The van der Waals surface area contributed by atoms with Crippen LogP contribution in [0.15, 0.2) is 30.5 Å². The standard InChI is InChI=1S/C27H38N8O3/c1-33(2)27(37)31-21-4-3-11-35(15-21)23-14-29-24(25(28)36)26(32-23)30-20-7-5-18(6-8-20)19-9-12-34(13-10-19)22-16-38-17-22/h5-8,14,19,21-22H,3-4,9-13,15-17H2,1-2H3,(H2,28,36)(H,30,32)(H,31,37). The molecule has 1 aromatic heterocycles. The number of rotatable bonds is 7. The SMILES string of the molecule is CN(C)C(=O)NC1CCCN(c2cnc(C(N)=O)c(Nc3ccc(C4CCN(C5COC5)CC4)cc3)n2)C1. The number of nitrogens with zero attached hydrogens (tertiary/aromatic N) is 5. The highest BCUT2D eigenvalue weighted by Crippen LogP contribution is 2.31. The molecule has 1 aromatic carbocycles. The number of benzene rings is 1. The second kappa shape index (κ2) is 11.5. The summed E-state index contributed by atoms with van der Waals surface area (Å²) in [6, 6.07) is 8.85. The van der Waals surface area contributed by atoms with Gasteiger partial charge < -0.3 is 30.9 Å². The summed E-state index contributed by atoms with van der Waals surface area (Å²) < 4.78 is 5.35. The number of primary amides is 1. The van der Waals surface area contributed by atoms with Gasteiger partial charge in [0.2, 0.25) is 0 Å². The van der Waals surface area contributed by atoms with Gasteiger partial charge in [0.1, 0.15) is 5.82 Å². The number of anilines is 3. The van der Waals surface area contributed by atoms with E-state index in [1.54, 1.807) is 20.3 Å². The minimum absolute atomic E-state index is 0.00846. The molecule has 1 atom stereocenters. The average molecular weight is 523 g/mol. The second-order valence-corrected chi connectivity index (χ2v) is 10.7. The van der Waals surface area contributed by atoms with Crippen molar-refractivity contribution >= 4 is 29.3 Å². The van der Waals surface area contributed by atoms with Gasteiger partial charge in [-0.2, -0.15) is 0 Å². The van der Waals surface area contributed by atoms with E-state index in [9.17, 15) is 9.59 Å². The number of ether oxygens (including phenoxy) is 1. The van der Waals surface area contributed by atoms with Crippen molar-refractivity contribution in [3.63, 3.8) is 0 Å². The number of hydrogen-bond donors (Lipinski definition) is 3. The third-order valence-electron chi connectivity index (χ3n) is 7.78. The predicted molar refractivity (Wildman–Crippen MR) is 146 cm³/mol. The van der Waals surface area contributed by atoms with Crippen LogP contribution in [0, 0.1) is 0 Å². The van der Waals surface area contributed by atoms with Gasteiger partial charge in [-0.3, -0.25) is 9.69 Å². The number of nitrogens with two attached hydrogens (primary N) is 1. The smallest absolute Gasteiger partial charge is 0.317 e. The fourth-order valence-electron chi connectivity index (χ4n) is 5.41. The first-order valence-electron chi connectivity index (χ1n) is 13.5. The van der Waals surface area contributed by atoms with Crippen molar-refractivity contribution in [1.29, 1.82) is 0 Å². The normalized spacial score (nSPS) is 21.0. The molecule has 3 saturated heterocycles. The summed E-state index contributed by atoms with van der Waals surface area (Å²) >= 11 is 0. The van der Waals surface area contributed by atoms with Crippen molar-refractivity contribution in [3.8, 4) is 0 Å². The maximum atomic E-state index is 12.1. The zero-order valence-corrected chi connectivity index (χ0v) is 22.2. The monoisotopic (exact) mass is 522 g/mol. The lowest BCUT2D eigenvalue weighted by Gasteiger charge is -2.41. The topological polar surface area (TPSA) is 129 Å². The van der Waals surface area contributed by atoms with Gasteiger partial charge in [-0.1, -0.05) is 12.1 Å². The van der Waals surface area contributed by atoms with Crippen LogP contribution in [0.5, 0.6) is 0 Å². The lowest BCUT2D eigenvalue weighted by atomic mass is 9.88. The third kappa shape index (κ3) is 5.99. The maximum Gasteiger partial charge on any atom is 0.317 e. The van der Waals surface area contributed by atoms with E-state index in [0.717, 1.165) is 64.2 Å². The van der Waals surface area contributed by atoms with Crippen LogP contribution in [0.1, 0.15) is 47.7 Å². The fourth-order valence-corrected chi connectivity index (χ4v) is 5.41. The molecular formula is C27H38N8O3. The molecule has 2 aromatic rings. The summed E-state index contributed by atoms with van der Waals surface area (Å²) in [6.07, 6.45) is 5.68. The first-order chi connectivity index (χ1) is 18.4. The molecule has 3 amide bonds. The van der Waals surface area contributed by atoms with E-state index in [1.807, 2.05) is 12.1 Å². The van der Waals surface area contributed by atoms with Gasteiger partial charge >= 0.3 is 6.03 Å².